The monoisotopic (exact) mass is 250 g/mol. The summed E-state index contributed by atoms with van der Waals surface area (Å²) in [6.07, 6.45) is 5.35. The zero-order chi connectivity index (χ0) is 12.9. The lowest BCUT2D eigenvalue weighted by Gasteiger charge is -2.19. The quantitative estimate of drug-likeness (QED) is 0.783. The van der Waals surface area contributed by atoms with E-state index in [1.165, 1.54) is 19.3 Å². The number of hydrogen-bond acceptors (Lipinski definition) is 2. The number of rotatable bonds is 5. The van der Waals surface area contributed by atoms with Gasteiger partial charge in [0, 0.05) is 12.1 Å². The smallest absolute Gasteiger partial charge is 0.237 e. The molecule has 0 aliphatic heterocycles. The van der Waals surface area contributed by atoms with Crippen LogP contribution in [0.15, 0.2) is 0 Å². The van der Waals surface area contributed by atoms with Gasteiger partial charge in [0.05, 0.1) is 6.04 Å². The van der Waals surface area contributed by atoms with E-state index >= 15 is 0 Å². The summed E-state index contributed by atoms with van der Waals surface area (Å²) in [6, 6.07) is 0.902. The Bertz CT molecular complexity index is 327. The van der Waals surface area contributed by atoms with Crippen LogP contribution in [0.2, 0.25) is 0 Å². The van der Waals surface area contributed by atoms with Gasteiger partial charge in [0.1, 0.15) is 0 Å². The van der Waals surface area contributed by atoms with Crippen LogP contribution in [0.1, 0.15) is 46.5 Å². The van der Waals surface area contributed by atoms with E-state index in [1.54, 1.807) is 0 Å². The fraction of sp³-hybridized carbons (Fsp3) is 0.933. The lowest BCUT2D eigenvalue weighted by atomic mass is 10.0. The van der Waals surface area contributed by atoms with E-state index in [-0.39, 0.29) is 18.0 Å². The highest BCUT2D eigenvalue weighted by Gasteiger charge is 2.65. The molecule has 6 atom stereocenters. The highest BCUT2D eigenvalue weighted by atomic mass is 16.2. The first-order valence-corrected chi connectivity index (χ1v) is 7.68. The molecule has 18 heavy (non-hydrogen) atoms. The van der Waals surface area contributed by atoms with Gasteiger partial charge in [-0.05, 0) is 63.2 Å². The van der Waals surface area contributed by atoms with Crippen molar-refractivity contribution in [2.45, 2.75) is 64.6 Å². The third-order valence-electron chi connectivity index (χ3n) is 5.57. The average Bonchev–Trinajstić information content (AvgIpc) is 2.75. The molecule has 3 aliphatic rings. The molecule has 0 spiro atoms. The van der Waals surface area contributed by atoms with Crippen molar-refractivity contribution in [2.75, 3.05) is 0 Å². The fourth-order valence-corrected chi connectivity index (χ4v) is 4.38. The molecule has 0 aromatic rings. The van der Waals surface area contributed by atoms with Gasteiger partial charge in [-0.2, -0.15) is 0 Å². The van der Waals surface area contributed by atoms with Crippen LogP contribution in [0.5, 0.6) is 0 Å². The summed E-state index contributed by atoms with van der Waals surface area (Å²) in [6.45, 7) is 6.18. The van der Waals surface area contributed by atoms with E-state index in [0.717, 1.165) is 30.1 Å². The third kappa shape index (κ3) is 1.97. The first kappa shape index (κ1) is 12.5. The Hall–Kier alpha value is -0.570. The minimum atomic E-state index is -0.0333. The highest BCUT2D eigenvalue weighted by Crippen LogP contribution is 2.65. The Morgan fingerprint density at radius 1 is 1.22 bits per heavy atom. The average molecular weight is 250 g/mol. The summed E-state index contributed by atoms with van der Waals surface area (Å²) >= 11 is 0. The van der Waals surface area contributed by atoms with Crippen molar-refractivity contribution in [3.8, 4) is 0 Å². The summed E-state index contributed by atoms with van der Waals surface area (Å²) in [5, 5.41) is 6.64. The second-order valence-corrected chi connectivity index (χ2v) is 6.72. The molecular weight excluding hydrogens is 224 g/mol. The molecule has 2 bridgehead atoms. The largest absolute Gasteiger partial charge is 0.352 e. The van der Waals surface area contributed by atoms with Gasteiger partial charge in [-0.1, -0.05) is 6.92 Å². The van der Waals surface area contributed by atoms with Gasteiger partial charge >= 0.3 is 0 Å². The number of amides is 1. The second kappa shape index (κ2) is 4.52. The van der Waals surface area contributed by atoms with Gasteiger partial charge in [0.15, 0.2) is 0 Å². The van der Waals surface area contributed by atoms with Crippen molar-refractivity contribution in [1.82, 2.24) is 10.6 Å². The summed E-state index contributed by atoms with van der Waals surface area (Å²) in [7, 11) is 0. The molecule has 0 radical (unpaired) electrons. The minimum Gasteiger partial charge on any atom is -0.352 e. The summed E-state index contributed by atoms with van der Waals surface area (Å²) in [4.78, 5) is 12.0. The lowest BCUT2D eigenvalue weighted by Crippen LogP contribution is -2.47. The van der Waals surface area contributed by atoms with Crippen molar-refractivity contribution in [2.24, 2.45) is 23.7 Å². The Labute approximate surface area is 110 Å². The molecule has 0 saturated heterocycles. The molecule has 0 aromatic carbocycles. The molecule has 102 valence electrons. The van der Waals surface area contributed by atoms with Crippen molar-refractivity contribution < 1.29 is 4.79 Å². The van der Waals surface area contributed by atoms with Crippen LogP contribution in [0.4, 0.5) is 0 Å². The molecule has 0 heterocycles. The maximum absolute atomic E-state index is 12.0. The van der Waals surface area contributed by atoms with Gasteiger partial charge in [-0.25, -0.2) is 0 Å². The van der Waals surface area contributed by atoms with Crippen molar-refractivity contribution in [3.63, 3.8) is 0 Å². The van der Waals surface area contributed by atoms with Crippen molar-refractivity contribution in [1.29, 1.82) is 0 Å². The number of carbonyl (C=O) groups is 1. The maximum Gasteiger partial charge on any atom is 0.237 e. The van der Waals surface area contributed by atoms with Gasteiger partial charge in [0.2, 0.25) is 5.91 Å². The maximum atomic E-state index is 12.0. The number of fused-ring (bicyclic) bond motifs is 5. The summed E-state index contributed by atoms with van der Waals surface area (Å²) in [5.41, 5.74) is 0. The predicted octanol–water partition coefficient (Wildman–Crippen LogP) is 1.92. The van der Waals surface area contributed by atoms with Crippen LogP contribution in [0.3, 0.4) is 0 Å². The zero-order valence-electron chi connectivity index (χ0n) is 11.8. The minimum absolute atomic E-state index is 0.0333. The Balaban J connectivity index is 1.48. The summed E-state index contributed by atoms with van der Waals surface area (Å²) in [5.74, 6) is 3.93. The van der Waals surface area contributed by atoms with Gasteiger partial charge in [-0.15, -0.1) is 0 Å². The molecule has 3 saturated carbocycles. The molecule has 3 rings (SSSR count). The molecule has 6 unspecified atom stereocenters. The fourth-order valence-electron chi connectivity index (χ4n) is 4.38. The first-order valence-electron chi connectivity index (χ1n) is 7.68. The molecule has 3 nitrogen and oxygen atoms in total. The predicted molar refractivity (Wildman–Crippen MR) is 72.1 cm³/mol. The summed E-state index contributed by atoms with van der Waals surface area (Å²) < 4.78 is 0. The number of carbonyl (C=O) groups excluding carboxylic acids is 1. The molecule has 1 amide bonds. The lowest BCUT2D eigenvalue weighted by molar-refractivity contribution is -0.123. The molecule has 3 fully saturated rings. The highest BCUT2D eigenvalue weighted by molar-refractivity contribution is 5.81. The molecule has 0 aromatic heterocycles. The van der Waals surface area contributed by atoms with Crippen LogP contribution in [-0.4, -0.2) is 24.0 Å². The molecule has 2 N–H and O–H groups in total. The molecular formula is C15H26N2O. The van der Waals surface area contributed by atoms with Crippen LogP contribution in [-0.2, 0) is 4.79 Å². The van der Waals surface area contributed by atoms with Gasteiger partial charge in [0.25, 0.3) is 0 Å². The van der Waals surface area contributed by atoms with Crippen LogP contribution < -0.4 is 10.6 Å². The number of hydrogen-bond donors (Lipinski definition) is 2. The van der Waals surface area contributed by atoms with Crippen molar-refractivity contribution in [3.05, 3.63) is 0 Å². The zero-order valence-corrected chi connectivity index (χ0v) is 11.8. The number of nitrogens with one attached hydrogen (secondary N) is 2. The van der Waals surface area contributed by atoms with Gasteiger partial charge < -0.3 is 10.6 Å². The third-order valence-corrected chi connectivity index (χ3v) is 5.57. The van der Waals surface area contributed by atoms with E-state index in [0.29, 0.717) is 6.04 Å². The van der Waals surface area contributed by atoms with Crippen molar-refractivity contribution >= 4 is 5.91 Å². The molecule has 3 aliphatic carbocycles. The first-order chi connectivity index (χ1) is 8.61. The topological polar surface area (TPSA) is 41.1 Å². The SMILES string of the molecule is CCC(C)NC(=O)C(C)NC1C2C3CCC(C3)C12. The van der Waals surface area contributed by atoms with Crippen LogP contribution in [0, 0.1) is 23.7 Å². The van der Waals surface area contributed by atoms with E-state index < -0.39 is 0 Å². The Morgan fingerprint density at radius 3 is 2.39 bits per heavy atom. The van der Waals surface area contributed by atoms with E-state index in [1.807, 2.05) is 6.92 Å². The van der Waals surface area contributed by atoms with Crippen LogP contribution >= 0.6 is 0 Å². The standard InChI is InChI=1S/C15H26N2O/c1-4-8(2)16-15(18)9(3)17-14-12-10-5-6-11(7-10)13(12)14/h8-14,17H,4-7H2,1-3H3,(H,16,18). The van der Waals surface area contributed by atoms with Crippen LogP contribution in [0.25, 0.3) is 0 Å². The van der Waals surface area contributed by atoms with E-state index in [9.17, 15) is 4.79 Å². The Morgan fingerprint density at radius 2 is 1.83 bits per heavy atom. The van der Waals surface area contributed by atoms with Gasteiger partial charge in [-0.3, -0.25) is 4.79 Å². The normalized spacial score (nSPS) is 43.4. The van der Waals surface area contributed by atoms with E-state index in [4.69, 9.17) is 0 Å². The Kier molecular flexibility index (Phi) is 3.13. The van der Waals surface area contributed by atoms with E-state index in [2.05, 4.69) is 24.5 Å². The molecule has 3 heteroatoms. The second-order valence-electron chi connectivity index (χ2n) is 6.72.